The van der Waals surface area contributed by atoms with Crippen LogP contribution in [-0.4, -0.2) is 17.2 Å². The molecule has 0 aliphatic carbocycles. The average Bonchev–Trinajstić information content (AvgIpc) is 2.81. The van der Waals surface area contributed by atoms with E-state index in [1.54, 1.807) is 31.6 Å². The Morgan fingerprint density at radius 2 is 2.06 bits per heavy atom. The molecule has 0 aliphatic heterocycles. The first-order chi connectivity index (χ1) is 8.12. The maximum Gasteiger partial charge on any atom is 0.118 e. The molecule has 1 unspecified atom stereocenters. The van der Waals surface area contributed by atoms with Crippen LogP contribution in [-0.2, 0) is 12.0 Å². The zero-order chi connectivity index (χ0) is 12.3. The van der Waals surface area contributed by atoms with Crippen molar-refractivity contribution in [3.63, 3.8) is 0 Å². The first-order valence-corrected chi connectivity index (χ1v) is 6.25. The summed E-state index contributed by atoms with van der Waals surface area (Å²) in [5.74, 6) is 0.791. The van der Waals surface area contributed by atoms with E-state index in [0.29, 0.717) is 6.42 Å². The van der Waals surface area contributed by atoms with Crippen molar-refractivity contribution in [2.24, 2.45) is 0 Å². The minimum atomic E-state index is -0.899. The van der Waals surface area contributed by atoms with Crippen molar-refractivity contribution < 1.29 is 9.84 Å². The fourth-order valence-corrected chi connectivity index (χ4v) is 2.45. The molecule has 0 saturated heterocycles. The van der Waals surface area contributed by atoms with E-state index in [0.717, 1.165) is 16.3 Å². The number of benzene rings is 1. The Morgan fingerprint density at radius 3 is 2.59 bits per heavy atom. The Balaban J connectivity index is 2.18. The van der Waals surface area contributed by atoms with E-state index in [1.165, 1.54) is 0 Å². The largest absolute Gasteiger partial charge is 0.497 e. The highest BCUT2D eigenvalue weighted by Crippen LogP contribution is 2.27. The fraction of sp³-hybridized carbons (Fsp3) is 0.308. The van der Waals surface area contributed by atoms with Crippen LogP contribution >= 0.6 is 11.3 Å². The van der Waals surface area contributed by atoms with Crippen LogP contribution in [0.2, 0.25) is 0 Å². The van der Waals surface area contributed by atoms with E-state index in [-0.39, 0.29) is 0 Å². The summed E-state index contributed by atoms with van der Waals surface area (Å²) in [6.45, 7) is 1.80. The van der Waals surface area contributed by atoms with E-state index in [1.807, 2.05) is 29.6 Å². The number of rotatable bonds is 4. The molecule has 1 N–H and O–H groups in total. The maximum absolute atomic E-state index is 10.4. The smallest absolute Gasteiger partial charge is 0.118 e. The van der Waals surface area contributed by atoms with Crippen molar-refractivity contribution in [3.8, 4) is 5.75 Å². The third-order valence-corrected chi connectivity index (χ3v) is 3.47. The normalized spacial score (nSPS) is 14.3. The lowest BCUT2D eigenvalue weighted by Crippen LogP contribution is -2.24. The molecule has 3 nitrogen and oxygen atoms in total. The van der Waals surface area contributed by atoms with Crippen molar-refractivity contribution in [1.82, 2.24) is 4.98 Å². The summed E-state index contributed by atoms with van der Waals surface area (Å²) in [4.78, 5) is 4.19. The van der Waals surface area contributed by atoms with Gasteiger partial charge < -0.3 is 9.84 Å². The molecule has 1 aromatic carbocycles. The molecule has 2 rings (SSSR count). The summed E-state index contributed by atoms with van der Waals surface area (Å²) in [6.07, 6.45) is 2.28. The summed E-state index contributed by atoms with van der Waals surface area (Å²) < 4.78 is 5.10. The van der Waals surface area contributed by atoms with Gasteiger partial charge in [-0.3, -0.25) is 0 Å². The molecular formula is C13H15NO2S. The molecule has 0 spiro atoms. The number of aliphatic hydroxyl groups is 1. The van der Waals surface area contributed by atoms with Gasteiger partial charge in [-0.15, -0.1) is 11.3 Å². The molecule has 1 heterocycles. The van der Waals surface area contributed by atoms with Gasteiger partial charge in [0.05, 0.1) is 17.7 Å². The SMILES string of the molecule is COc1ccc(C(C)(O)Cc2nccs2)cc1. The molecule has 2 aromatic rings. The summed E-state index contributed by atoms with van der Waals surface area (Å²) >= 11 is 1.56. The molecule has 0 radical (unpaired) electrons. The Hall–Kier alpha value is -1.39. The minimum Gasteiger partial charge on any atom is -0.497 e. The highest BCUT2D eigenvalue weighted by Gasteiger charge is 2.24. The number of hydrogen-bond acceptors (Lipinski definition) is 4. The topological polar surface area (TPSA) is 42.4 Å². The predicted octanol–water partition coefficient (Wildman–Crippen LogP) is 2.60. The highest BCUT2D eigenvalue weighted by molar-refractivity contribution is 7.09. The molecule has 90 valence electrons. The van der Waals surface area contributed by atoms with Gasteiger partial charge in [0.2, 0.25) is 0 Å². The number of ether oxygens (including phenoxy) is 1. The van der Waals surface area contributed by atoms with Gasteiger partial charge in [-0.1, -0.05) is 12.1 Å². The Labute approximate surface area is 105 Å². The Morgan fingerprint density at radius 1 is 1.35 bits per heavy atom. The molecule has 0 bridgehead atoms. The minimum absolute atomic E-state index is 0.525. The molecule has 0 aliphatic rings. The molecule has 17 heavy (non-hydrogen) atoms. The maximum atomic E-state index is 10.4. The number of methoxy groups -OCH3 is 1. The lowest BCUT2D eigenvalue weighted by molar-refractivity contribution is 0.0575. The summed E-state index contributed by atoms with van der Waals surface area (Å²) in [6, 6.07) is 7.47. The molecule has 1 atom stereocenters. The number of nitrogens with zero attached hydrogens (tertiary/aromatic N) is 1. The van der Waals surface area contributed by atoms with Crippen molar-refractivity contribution >= 4 is 11.3 Å². The second kappa shape index (κ2) is 4.85. The number of hydrogen-bond donors (Lipinski definition) is 1. The van der Waals surface area contributed by atoms with Gasteiger partial charge >= 0.3 is 0 Å². The van der Waals surface area contributed by atoms with Crippen LogP contribution in [0, 0.1) is 0 Å². The first-order valence-electron chi connectivity index (χ1n) is 5.37. The molecule has 0 saturated carbocycles. The quantitative estimate of drug-likeness (QED) is 0.905. The Bertz CT molecular complexity index is 463. The van der Waals surface area contributed by atoms with Gasteiger partial charge in [0.15, 0.2) is 0 Å². The summed E-state index contributed by atoms with van der Waals surface area (Å²) in [5.41, 5.74) is -0.0297. The van der Waals surface area contributed by atoms with Gasteiger partial charge in [0.25, 0.3) is 0 Å². The van der Waals surface area contributed by atoms with E-state index in [2.05, 4.69) is 4.98 Å². The monoisotopic (exact) mass is 249 g/mol. The number of aromatic nitrogens is 1. The second-order valence-corrected chi connectivity index (χ2v) is 5.08. The van der Waals surface area contributed by atoms with Gasteiger partial charge in [0, 0.05) is 18.0 Å². The molecular weight excluding hydrogens is 234 g/mol. The van der Waals surface area contributed by atoms with E-state index < -0.39 is 5.60 Å². The molecule has 4 heteroatoms. The lowest BCUT2D eigenvalue weighted by atomic mass is 9.93. The second-order valence-electron chi connectivity index (χ2n) is 4.10. The Kier molecular flexibility index (Phi) is 3.45. The predicted molar refractivity (Wildman–Crippen MR) is 68.4 cm³/mol. The zero-order valence-electron chi connectivity index (χ0n) is 9.88. The fourth-order valence-electron chi connectivity index (χ4n) is 1.69. The third-order valence-electron chi connectivity index (χ3n) is 2.69. The van der Waals surface area contributed by atoms with Gasteiger partial charge in [0.1, 0.15) is 5.75 Å². The van der Waals surface area contributed by atoms with E-state index in [4.69, 9.17) is 4.74 Å². The van der Waals surface area contributed by atoms with Crippen LogP contribution in [0.4, 0.5) is 0 Å². The van der Waals surface area contributed by atoms with E-state index in [9.17, 15) is 5.11 Å². The van der Waals surface area contributed by atoms with Crippen LogP contribution in [0.3, 0.4) is 0 Å². The van der Waals surface area contributed by atoms with Crippen LogP contribution < -0.4 is 4.74 Å². The lowest BCUT2D eigenvalue weighted by Gasteiger charge is -2.22. The van der Waals surface area contributed by atoms with Crippen molar-refractivity contribution in [1.29, 1.82) is 0 Å². The van der Waals surface area contributed by atoms with Crippen LogP contribution in [0.1, 0.15) is 17.5 Å². The third kappa shape index (κ3) is 2.84. The van der Waals surface area contributed by atoms with Crippen LogP contribution in [0.25, 0.3) is 0 Å². The summed E-state index contributed by atoms with van der Waals surface area (Å²) in [5, 5.41) is 13.3. The van der Waals surface area contributed by atoms with Crippen LogP contribution in [0.15, 0.2) is 35.8 Å². The van der Waals surface area contributed by atoms with Crippen molar-refractivity contribution in [2.45, 2.75) is 18.9 Å². The van der Waals surface area contributed by atoms with Gasteiger partial charge in [-0.05, 0) is 24.6 Å². The summed E-state index contributed by atoms with van der Waals surface area (Å²) in [7, 11) is 1.63. The van der Waals surface area contributed by atoms with Crippen molar-refractivity contribution in [3.05, 3.63) is 46.4 Å². The first kappa shape index (κ1) is 12.1. The number of thiazole rings is 1. The standard InChI is InChI=1S/C13H15NO2S/c1-13(15,9-12-14-7-8-17-12)10-3-5-11(16-2)6-4-10/h3-8,15H,9H2,1-2H3. The van der Waals surface area contributed by atoms with Crippen LogP contribution in [0.5, 0.6) is 5.75 Å². The average molecular weight is 249 g/mol. The molecule has 1 aromatic heterocycles. The van der Waals surface area contributed by atoms with Crippen molar-refractivity contribution in [2.75, 3.05) is 7.11 Å². The van der Waals surface area contributed by atoms with E-state index >= 15 is 0 Å². The van der Waals surface area contributed by atoms with Gasteiger partial charge in [-0.25, -0.2) is 4.98 Å². The molecule has 0 fully saturated rings. The van der Waals surface area contributed by atoms with Gasteiger partial charge in [-0.2, -0.15) is 0 Å². The molecule has 0 amide bonds. The highest BCUT2D eigenvalue weighted by atomic mass is 32.1. The zero-order valence-corrected chi connectivity index (χ0v) is 10.7.